The van der Waals surface area contributed by atoms with E-state index in [2.05, 4.69) is 0 Å². The zero-order valence-corrected chi connectivity index (χ0v) is 12.7. The summed E-state index contributed by atoms with van der Waals surface area (Å²) in [5.74, 6) is 0.851. The highest BCUT2D eigenvalue weighted by Crippen LogP contribution is 2.30. The van der Waals surface area contributed by atoms with Gasteiger partial charge in [0.15, 0.2) is 0 Å². The fourth-order valence-corrected chi connectivity index (χ4v) is 3.06. The molecule has 2 aromatic rings. The molecule has 0 radical (unpaired) electrons. The Balaban J connectivity index is 2.29. The Morgan fingerprint density at radius 1 is 1.15 bits per heavy atom. The van der Waals surface area contributed by atoms with Gasteiger partial charge in [-0.05, 0) is 37.2 Å². The lowest BCUT2D eigenvalue weighted by atomic mass is 10.1. The second-order valence-electron chi connectivity index (χ2n) is 4.39. The monoisotopic (exact) mass is 292 g/mol. The van der Waals surface area contributed by atoms with Crippen molar-refractivity contribution >= 4 is 11.3 Å². The van der Waals surface area contributed by atoms with Crippen LogP contribution >= 0.6 is 11.3 Å². The number of methoxy groups -OCH3 is 2. The third-order valence-electron chi connectivity index (χ3n) is 3.00. The van der Waals surface area contributed by atoms with E-state index in [1.165, 1.54) is 4.88 Å². The molecule has 0 amide bonds. The SMILES string of the molecule is COCCc1nc(-c2ccc(OC)cc2)c(CCN)s1. The van der Waals surface area contributed by atoms with Crippen LogP contribution in [0.4, 0.5) is 0 Å². The van der Waals surface area contributed by atoms with Crippen molar-refractivity contribution in [3.05, 3.63) is 34.2 Å². The number of hydrogen-bond acceptors (Lipinski definition) is 5. The molecule has 1 aromatic heterocycles. The molecule has 2 rings (SSSR count). The van der Waals surface area contributed by atoms with Gasteiger partial charge < -0.3 is 15.2 Å². The standard InChI is InChI=1S/C15H20N2O2S/c1-18-10-8-14-17-15(13(20-14)7-9-16)11-3-5-12(19-2)6-4-11/h3-6H,7-10,16H2,1-2H3. The maximum atomic E-state index is 5.70. The number of hydrogen-bond donors (Lipinski definition) is 1. The van der Waals surface area contributed by atoms with Crippen LogP contribution in [-0.2, 0) is 17.6 Å². The number of aromatic nitrogens is 1. The Hall–Kier alpha value is -1.43. The van der Waals surface area contributed by atoms with Gasteiger partial charge in [0.2, 0.25) is 0 Å². The van der Waals surface area contributed by atoms with Crippen LogP contribution in [0.3, 0.4) is 0 Å². The fraction of sp³-hybridized carbons (Fsp3) is 0.400. The Morgan fingerprint density at radius 3 is 2.50 bits per heavy atom. The largest absolute Gasteiger partial charge is 0.497 e. The van der Waals surface area contributed by atoms with Crippen LogP contribution in [0.5, 0.6) is 5.75 Å². The molecule has 4 nitrogen and oxygen atoms in total. The molecule has 0 atom stereocenters. The van der Waals surface area contributed by atoms with Crippen molar-refractivity contribution < 1.29 is 9.47 Å². The lowest BCUT2D eigenvalue weighted by Crippen LogP contribution is -2.02. The van der Waals surface area contributed by atoms with Gasteiger partial charge in [-0.2, -0.15) is 0 Å². The van der Waals surface area contributed by atoms with E-state index in [1.54, 1.807) is 25.6 Å². The van der Waals surface area contributed by atoms with Crippen molar-refractivity contribution in [1.82, 2.24) is 4.98 Å². The Kier molecular flexibility index (Phi) is 5.52. The third kappa shape index (κ3) is 3.56. The van der Waals surface area contributed by atoms with Gasteiger partial charge in [0.1, 0.15) is 5.75 Å². The van der Waals surface area contributed by atoms with Gasteiger partial charge in [0, 0.05) is 24.0 Å². The molecule has 0 fully saturated rings. The van der Waals surface area contributed by atoms with Crippen LogP contribution in [0.1, 0.15) is 9.88 Å². The number of rotatable bonds is 7. The van der Waals surface area contributed by atoms with Crippen molar-refractivity contribution in [3.63, 3.8) is 0 Å². The first-order chi connectivity index (χ1) is 9.78. The maximum Gasteiger partial charge on any atom is 0.118 e. The van der Waals surface area contributed by atoms with Gasteiger partial charge in [-0.1, -0.05) is 0 Å². The molecule has 0 aliphatic rings. The van der Waals surface area contributed by atoms with Crippen LogP contribution < -0.4 is 10.5 Å². The van der Waals surface area contributed by atoms with Crippen LogP contribution in [-0.4, -0.2) is 32.4 Å². The van der Waals surface area contributed by atoms with Gasteiger partial charge in [-0.15, -0.1) is 11.3 Å². The minimum atomic E-state index is 0.634. The van der Waals surface area contributed by atoms with Crippen LogP contribution in [0.2, 0.25) is 0 Å². The summed E-state index contributed by atoms with van der Waals surface area (Å²) in [7, 11) is 3.37. The quantitative estimate of drug-likeness (QED) is 0.852. The molecule has 1 aromatic carbocycles. The second kappa shape index (κ2) is 7.38. The average Bonchev–Trinajstić information content (AvgIpc) is 2.88. The predicted octanol–water partition coefficient (Wildman–Crippen LogP) is 2.51. The highest BCUT2D eigenvalue weighted by molar-refractivity contribution is 7.12. The lowest BCUT2D eigenvalue weighted by molar-refractivity contribution is 0.202. The van der Waals surface area contributed by atoms with Gasteiger partial charge >= 0.3 is 0 Å². The highest BCUT2D eigenvalue weighted by Gasteiger charge is 2.12. The zero-order valence-electron chi connectivity index (χ0n) is 11.9. The zero-order chi connectivity index (χ0) is 14.4. The summed E-state index contributed by atoms with van der Waals surface area (Å²) in [6, 6.07) is 7.98. The molecule has 0 unspecified atom stereocenters. The molecule has 0 bridgehead atoms. The molecule has 1 heterocycles. The molecule has 0 spiro atoms. The molecule has 0 aliphatic heterocycles. The molecular weight excluding hydrogens is 272 g/mol. The summed E-state index contributed by atoms with van der Waals surface area (Å²) >= 11 is 1.73. The van der Waals surface area contributed by atoms with Gasteiger partial charge in [-0.3, -0.25) is 0 Å². The molecule has 5 heteroatoms. The summed E-state index contributed by atoms with van der Waals surface area (Å²) in [5, 5.41) is 1.10. The summed E-state index contributed by atoms with van der Waals surface area (Å²) in [5.41, 5.74) is 7.84. The van der Waals surface area contributed by atoms with Crippen molar-refractivity contribution in [2.45, 2.75) is 12.8 Å². The van der Waals surface area contributed by atoms with Gasteiger partial charge in [-0.25, -0.2) is 4.98 Å². The maximum absolute atomic E-state index is 5.70. The second-order valence-corrected chi connectivity index (χ2v) is 5.56. The van der Waals surface area contributed by atoms with Crippen molar-refractivity contribution in [2.24, 2.45) is 5.73 Å². The van der Waals surface area contributed by atoms with E-state index in [4.69, 9.17) is 20.2 Å². The van der Waals surface area contributed by atoms with E-state index in [-0.39, 0.29) is 0 Å². The van der Waals surface area contributed by atoms with E-state index in [9.17, 15) is 0 Å². The van der Waals surface area contributed by atoms with Crippen molar-refractivity contribution in [1.29, 1.82) is 0 Å². The Morgan fingerprint density at radius 2 is 1.90 bits per heavy atom. The van der Waals surface area contributed by atoms with Gasteiger partial charge in [0.05, 0.1) is 24.4 Å². The van der Waals surface area contributed by atoms with E-state index in [1.807, 2.05) is 24.3 Å². The van der Waals surface area contributed by atoms with Crippen molar-refractivity contribution in [2.75, 3.05) is 27.4 Å². The molecule has 0 saturated carbocycles. The smallest absolute Gasteiger partial charge is 0.118 e. The van der Waals surface area contributed by atoms with E-state index < -0.39 is 0 Å². The molecule has 0 saturated heterocycles. The summed E-state index contributed by atoms with van der Waals surface area (Å²) in [4.78, 5) is 5.97. The van der Waals surface area contributed by atoms with Crippen LogP contribution in [0, 0.1) is 0 Å². The number of ether oxygens (including phenoxy) is 2. The third-order valence-corrected chi connectivity index (χ3v) is 4.17. The average molecular weight is 292 g/mol. The normalized spacial score (nSPS) is 10.8. The number of nitrogens with two attached hydrogens (primary N) is 1. The first-order valence-electron chi connectivity index (χ1n) is 6.60. The first-order valence-corrected chi connectivity index (χ1v) is 7.42. The van der Waals surface area contributed by atoms with E-state index in [0.717, 1.165) is 34.9 Å². The van der Waals surface area contributed by atoms with Crippen LogP contribution in [0.15, 0.2) is 24.3 Å². The summed E-state index contributed by atoms with van der Waals surface area (Å²) in [6.45, 7) is 1.33. The van der Waals surface area contributed by atoms with Crippen molar-refractivity contribution in [3.8, 4) is 17.0 Å². The van der Waals surface area contributed by atoms with E-state index >= 15 is 0 Å². The lowest BCUT2D eigenvalue weighted by Gasteiger charge is -2.03. The topological polar surface area (TPSA) is 57.4 Å². The van der Waals surface area contributed by atoms with E-state index in [0.29, 0.717) is 13.2 Å². The molecule has 108 valence electrons. The molecule has 20 heavy (non-hydrogen) atoms. The minimum Gasteiger partial charge on any atom is -0.497 e. The molecular formula is C15H20N2O2S. The highest BCUT2D eigenvalue weighted by atomic mass is 32.1. The van der Waals surface area contributed by atoms with Crippen LogP contribution in [0.25, 0.3) is 11.3 Å². The minimum absolute atomic E-state index is 0.634. The predicted molar refractivity (Wildman–Crippen MR) is 82.4 cm³/mol. The number of thiazole rings is 1. The van der Waals surface area contributed by atoms with Gasteiger partial charge in [0.25, 0.3) is 0 Å². The Labute approximate surface area is 123 Å². The first kappa shape index (κ1) is 15.0. The molecule has 0 aliphatic carbocycles. The number of benzene rings is 1. The fourth-order valence-electron chi connectivity index (χ4n) is 1.97. The number of nitrogens with zero attached hydrogens (tertiary/aromatic N) is 1. The summed E-state index contributed by atoms with van der Waals surface area (Å²) in [6.07, 6.45) is 1.70. The summed E-state index contributed by atoms with van der Waals surface area (Å²) < 4.78 is 10.3. The molecule has 2 N–H and O–H groups in total. The Bertz CT molecular complexity index is 537.